The molecule has 1 saturated carbocycles. The Morgan fingerprint density at radius 1 is 1.03 bits per heavy atom. The van der Waals surface area contributed by atoms with Crippen molar-refractivity contribution in [3.8, 4) is 11.1 Å². The van der Waals surface area contributed by atoms with Gasteiger partial charge in [0.25, 0.3) is 0 Å². The fraction of sp³-hybridized carbons (Fsp3) is 0.160. The maximum atomic E-state index is 12.7. The number of carbonyl (C=O) groups excluding carboxylic acids is 1. The van der Waals surface area contributed by atoms with Crippen LogP contribution in [-0.2, 0) is 19.6 Å². The number of carboxylic acids is 1. The maximum absolute atomic E-state index is 12.7. The molecule has 4 rings (SSSR count). The number of amides is 1. The predicted octanol–water partition coefficient (Wildman–Crippen LogP) is 3.77. The molecule has 0 bridgehead atoms. The van der Waals surface area contributed by atoms with Gasteiger partial charge in [0, 0.05) is 28.4 Å². The van der Waals surface area contributed by atoms with Crippen molar-refractivity contribution in [2.45, 2.75) is 23.4 Å². The molecule has 39 heavy (non-hydrogen) atoms. The number of nitrogen functional groups attached to an aromatic ring is 1. The number of rotatable bonds is 6. The van der Waals surface area contributed by atoms with Crippen LogP contribution in [0, 0.1) is 5.92 Å². The molecule has 0 unspecified atom stereocenters. The van der Waals surface area contributed by atoms with Gasteiger partial charge >= 0.3 is 12.1 Å². The zero-order chi connectivity index (χ0) is 29.0. The first-order chi connectivity index (χ1) is 18.2. The molecule has 7 N–H and O–H groups in total. The number of halogens is 3. The number of benzene rings is 3. The zero-order valence-electron chi connectivity index (χ0n) is 20.0. The molecule has 0 saturated heterocycles. The summed E-state index contributed by atoms with van der Waals surface area (Å²) in [6.07, 6.45) is -3.13. The van der Waals surface area contributed by atoms with Crippen molar-refractivity contribution in [3.63, 3.8) is 0 Å². The largest absolute Gasteiger partial charge is 0.490 e. The lowest BCUT2D eigenvalue weighted by Crippen LogP contribution is -2.21. The lowest BCUT2D eigenvalue weighted by molar-refractivity contribution is -0.192. The zero-order valence-corrected chi connectivity index (χ0v) is 20.8. The third-order valence-electron chi connectivity index (χ3n) is 5.79. The van der Waals surface area contributed by atoms with Crippen LogP contribution in [0.2, 0.25) is 0 Å². The average Bonchev–Trinajstić information content (AvgIpc) is 3.66. The number of carbonyl (C=O) groups is 2. The standard InChI is InChI=1S/C23H22N4O4S.C2HF3O2/c24-21-6-3-5-17(20(21)13-26-29)18-12-19(18)23(28)27-15-10-8-14(9-11-15)16-4-1-2-7-22(16)32(25,30)31;3-2(4,5)1(6)7/h1-11,13,18-19,29H,12,24H2,(H,27,28)(H2,25,30,31);(H,6,7)/t18-,19-;/m1./s1. The van der Waals surface area contributed by atoms with Gasteiger partial charge in [-0.05, 0) is 47.7 Å². The molecular formula is C25H23F3N4O6S. The topological polar surface area (TPSA) is 185 Å². The van der Waals surface area contributed by atoms with E-state index >= 15 is 0 Å². The molecule has 0 heterocycles. The second-order valence-electron chi connectivity index (χ2n) is 8.45. The van der Waals surface area contributed by atoms with Crippen LogP contribution in [-0.4, -0.2) is 43.0 Å². The van der Waals surface area contributed by atoms with Gasteiger partial charge in [-0.25, -0.2) is 18.4 Å². The third kappa shape index (κ3) is 7.33. The van der Waals surface area contributed by atoms with Gasteiger partial charge in [-0.3, -0.25) is 4.79 Å². The van der Waals surface area contributed by atoms with Gasteiger partial charge in [0.15, 0.2) is 0 Å². The van der Waals surface area contributed by atoms with Crippen molar-refractivity contribution in [2.75, 3.05) is 11.1 Å². The van der Waals surface area contributed by atoms with E-state index in [4.69, 9.17) is 26.0 Å². The second kappa shape index (κ2) is 11.5. The van der Waals surface area contributed by atoms with Crippen molar-refractivity contribution in [1.29, 1.82) is 0 Å². The Bertz CT molecular complexity index is 1510. The summed E-state index contributed by atoms with van der Waals surface area (Å²) < 4.78 is 55.4. The minimum absolute atomic E-state index is 0.00703. The molecule has 1 amide bonds. The number of hydrogen-bond donors (Lipinski definition) is 5. The van der Waals surface area contributed by atoms with Gasteiger partial charge in [-0.1, -0.05) is 47.6 Å². The summed E-state index contributed by atoms with van der Waals surface area (Å²) in [5.74, 6) is -3.10. The van der Waals surface area contributed by atoms with Gasteiger partial charge in [0.05, 0.1) is 11.1 Å². The van der Waals surface area contributed by atoms with E-state index in [1.165, 1.54) is 12.3 Å². The molecule has 206 valence electrons. The lowest BCUT2D eigenvalue weighted by Gasteiger charge is -2.10. The Labute approximate surface area is 220 Å². The third-order valence-corrected chi connectivity index (χ3v) is 6.76. The molecule has 0 aliphatic heterocycles. The lowest BCUT2D eigenvalue weighted by atomic mass is 10.0. The van der Waals surface area contributed by atoms with E-state index < -0.39 is 22.2 Å². The highest BCUT2D eigenvalue weighted by molar-refractivity contribution is 7.89. The number of alkyl halides is 3. The SMILES string of the molecule is Nc1cccc([C@H]2C[C@H]2C(=O)Nc2ccc(-c3ccccc3S(N)(=O)=O)cc2)c1C=NO.O=C(O)C(F)(F)F. The maximum Gasteiger partial charge on any atom is 0.490 e. The smallest absolute Gasteiger partial charge is 0.475 e. The van der Waals surface area contributed by atoms with E-state index in [9.17, 15) is 26.4 Å². The van der Waals surface area contributed by atoms with Crippen LogP contribution < -0.4 is 16.2 Å². The highest BCUT2D eigenvalue weighted by Crippen LogP contribution is 2.49. The predicted molar refractivity (Wildman–Crippen MR) is 137 cm³/mol. The van der Waals surface area contributed by atoms with Crippen molar-refractivity contribution in [2.24, 2.45) is 16.2 Å². The van der Waals surface area contributed by atoms with E-state index in [0.717, 1.165) is 5.56 Å². The van der Waals surface area contributed by atoms with Crippen LogP contribution in [0.3, 0.4) is 0 Å². The van der Waals surface area contributed by atoms with Crippen LogP contribution in [0.15, 0.2) is 76.8 Å². The summed E-state index contributed by atoms with van der Waals surface area (Å²) in [5.41, 5.74) is 9.71. The molecular weight excluding hydrogens is 541 g/mol. The van der Waals surface area contributed by atoms with Crippen LogP contribution in [0.4, 0.5) is 24.5 Å². The quantitative estimate of drug-likeness (QED) is 0.130. The van der Waals surface area contributed by atoms with Crippen molar-refractivity contribution >= 4 is 39.5 Å². The molecule has 1 fully saturated rings. The van der Waals surface area contributed by atoms with Crippen LogP contribution >= 0.6 is 0 Å². The molecule has 1 aliphatic rings. The minimum atomic E-state index is -5.08. The van der Waals surface area contributed by atoms with Crippen LogP contribution in [0.1, 0.15) is 23.5 Å². The summed E-state index contributed by atoms with van der Waals surface area (Å²) in [7, 11) is -3.86. The van der Waals surface area contributed by atoms with Crippen LogP contribution in [0.5, 0.6) is 0 Å². The molecule has 0 spiro atoms. The number of oxime groups is 1. The van der Waals surface area contributed by atoms with Gasteiger partial charge in [0.1, 0.15) is 0 Å². The minimum Gasteiger partial charge on any atom is -0.475 e. The monoisotopic (exact) mass is 564 g/mol. The Balaban J connectivity index is 0.000000532. The van der Waals surface area contributed by atoms with Gasteiger partial charge < -0.3 is 21.4 Å². The first kappa shape index (κ1) is 29.1. The van der Waals surface area contributed by atoms with E-state index in [2.05, 4.69) is 10.5 Å². The molecule has 3 aromatic carbocycles. The summed E-state index contributed by atoms with van der Waals surface area (Å²) in [6, 6.07) is 18.8. The second-order valence-corrected chi connectivity index (χ2v) is 9.98. The van der Waals surface area contributed by atoms with E-state index in [0.29, 0.717) is 34.5 Å². The van der Waals surface area contributed by atoms with Gasteiger partial charge in [0.2, 0.25) is 15.9 Å². The van der Waals surface area contributed by atoms with E-state index in [1.54, 1.807) is 48.5 Å². The molecule has 3 aromatic rings. The highest BCUT2D eigenvalue weighted by Gasteiger charge is 2.45. The Morgan fingerprint density at radius 2 is 1.64 bits per heavy atom. The number of carboxylic acid groups (broad SMARTS) is 1. The first-order valence-corrected chi connectivity index (χ1v) is 12.7. The van der Waals surface area contributed by atoms with Crippen LogP contribution in [0.25, 0.3) is 11.1 Å². The molecule has 2 atom stereocenters. The number of nitrogens with one attached hydrogen (secondary N) is 1. The van der Waals surface area contributed by atoms with Gasteiger partial charge in [-0.2, -0.15) is 13.2 Å². The number of nitrogens with two attached hydrogens (primary N) is 2. The Morgan fingerprint density at radius 3 is 2.21 bits per heavy atom. The highest BCUT2D eigenvalue weighted by atomic mass is 32.2. The molecule has 0 radical (unpaired) electrons. The number of hydrogen-bond acceptors (Lipinski definition) is 7. The van der Waals surface area contributed by atoms with E-state index in [1.807, 2.05) is 12.1 Å². The van der Waals surface area contributed by atoms with Crippen molar-refractivity contribution in [1.82, 2.24) is 0 Å². The molecule has 14 heteroatoms. The first-order valence-electron chi connectivity index (χ1n) is 11.1. The van der Waals surface area contributed by atoms with E-state index in [-0.39, 0.29) is 22.6 Å². The molecule has 10 nitrogen and oxygen atoms in total. The fourth-order valence-corrected chi connectivity index (χ4v) is 4.64. The summed E-state index contributed by atoms with van der Waals surface area (Å²) in [6.45, 7) is 0. The average molecular weight is 565 g/mol. The Hall–Kier alpha value is -4.43. The number of aliphatic carboxylic acids is 1. The van der Waals surface area contributed by atoms with Crippen molar-refractivity contribution in [3.05, 3.63) is 77.9 Å². The normalized spacial score (nSPS) is 16.7. The summed E-state index contributed by atoms with van der Waals surface area (Å²) in [4.78, 5) is 21.7. The number of sulfonamides is 1. The number of nitrogens with zero attached hydrogens (tertiary/aromatic N) is 1. The summed E-state index contributed by atoms with van der Waals surface area (Å²) in [5, 5.41) is 27.3. The van der Waals surface area contributed by atoms with Crippen molar-refractivity contribution < 1.29 is 41.5 Å². The fourth-order valence-electron chi connectivity index (χ4n) is 3.88. The number of anilines is 2. The molecule has 1 aliphatic carbocycles. The molecule has 0 aromatic heterocycles. The summed E-state index contributed by atoms with van der Waals surface area (Å²) >= 11 is 0. The van der Waals surface area contributed by atoms with Gasteiger partial charge in [-0.15, -0.1) is 0 Å². The number of primary sulfonamides is 1. The Kier molecular flexibility index (Phi) is 8.61.